The van der Waals surface area contributed by atoms with Crippen molar-refractivity contribution in [3.63, 3.8) is 0 Å². The van der Waals surface area contributed by atoms with Gasteiger partial charge in [-0.15, -0.1) is 11.8 Å². The summed E-state index contributed by atoms with van der Waals surface area (Å²) in [6.07, 6.45) is 0. The van der Waals surface area contributed by atoms with Crippen molar-refractivity contribution >= 4 is 33.4 Å². The molecule has 0 aliphatic carbocycles. The highest BCUT2D eigenvalue weighted by molar-refractivity contribution is 8.00. The first-order chi connectivity index (χ1) is 8.41. The Morgan fingerprint density at radius 3 is 2.61 bits per heavy atom. The van der Waals surface area contributed by atoms with Crippen LogP contribution in [0.1, 0.15) is 0 Å². The topological polar surface area (TPSA) is 115 Å². The van der Waals surface area contributed by atoms with Crippen LogP contribution in [0.5, 0.6) is 0 Å². The largest absolute Gasteiger partial charge is 0.398 e. The number of hydrogen-bond acceptors (Lipinski definition) is 5. The molecule has 5 N–H and O–H groups in total. The van der Waals surface area contributed by atoms with E-state index in [1.54, 1.807) is 6.07 Å². The Bertz CT molecular complexity index is 517. The minimum Gasteiger partial charge on any atom is -0.398 e. The molecule has 100 valence electrons. The monoisotopic (exact) mass is 289 g/mol. The molecule has 6 nitrogen and oxygen atoms in total. The molecule has 0 radical (unpaired) electrons. The maximum absolute atomic E-state index is 11.4. The third kappa shape index (κ3) is 5.39. The van der Waals surface area contributed by atoms with Crippen molar-refractivity contribution in [2.45, 2.75) is 4.90 Å². The first-order valence-corrected chi connectivity index (χ1v) is 7.77. The molecule has 0 saturated carbocycles. The third-order valence-corrected chi connectivity index (χ3v) is 4.67. The first-order valence-electron chi connectivity index (χ1n) is 5.13. The second-order valence-corrected chi connectivity index (χ2v) is 6.56. The summed E-state index contributed by atoms with van der Waals surface area (Å²) in [7, 11) is -3.47. The summed E-state index contributed by atoms with van der Waals surface area (Å²) in [5, 5.41) is 0. The molecule has 0 heterocycles. The zero-order chi connectivity index (χ0) is 13.6. The molecule has 8 heteroatoms. The van der Waals surface area contributed by atoms with Gasteiger partial charge < -0.3 is 11.5 Å². The van der Waals surface area contributed by atoms with Gasteiger partial charge in [0.15, 0.2) is 0 Å². The van der Waals surface area contributed by atoms with Crippen LogP contribution in [-0.4, -0.2) is 32.4 Å². The van der Waals surface area contributed by atoms with Crippen LogP contribution in [0.3, 0.4) is 0 Å². The smallest absolute Gasteiger partial charge is 0.232 e. The van der Waals surface area contributed by atoms with E-state index in [1.807, 2.05) is 18.2 Å². The lowest BCUT2D eigenvalue weighted by Crippen LogP contribution is -2.35. The number of amides is 1. The van der Waals surface area contributed by atoms with Gasteiger partial charge >= 0.3 is 0 Å². The van der Waals surface area contributed by atoms with E-state index >= 15 is 0 Å². The van der Waals surface area contributed by atoms with E-state index in [1.165, 1.54) is 11.8 Å². The van der Waals surface area contributed by atoms with Crippen molar-refractivity contribution in [3.8, 4) is 0 Å². The molecule has 0 aliphatic rings. The molecule has 0 bridgehead atoms. The average Bonchev–Trinajstić information content (AvgIpc) is 2.29. The van der Waals surface area contributed by atoms with Gasteiger partial charge in [0, 0.05) is 16.3 Å². The lowest BCUT2D eigenvalue weighted by molar-refractivity contribution is -0.116. The van der Waals surface area contributed by atoms with E-state index in [0.29, 0.717) is 11.4 Å². The number of nitrogen functional groups attached to an aromatic ring is 1. The van der Waals surface area contributed by atoms with Gasteiger partial charge in [0.1, 0.15) is 0 Å². The minimum absolute atomic E-state index is 0.0979. The molecule has 0 aliphatic heterocycles. The second kappa shape index (κ2) is 6.62. The number of primary amides is 1. The van der Waals surface area contributed by atoms with E-state index in [4.69, 9.17) is 11.5 Å². The lowest BCUT2D eigenvalue weighted by Gasteiger charge is -2.06. The zero-order valence-electron chi connectivity index (χ0n) is 9.63. The highest BCUT2D eigenvalue weighted by Crippen LogP contribution is 2.24. The fraction of sp³-hybridized carbons (Fsp3) is 0.300. The molecule has 18 heavy (non-hydrogen) atoms. The van der Waals surface area contributed by atoms with Gasteiger partial charge in [-0.1, -0.05) is 12.1 Å². The van der Waals surface area contributed by atoms with Crippen LogP contribution in [-0.2, 0) is 14.8 Å². The molecule has 0 fully saturated rings. The number of thioether (sulfide) groups is 1. The van der Waals surface area contributed by atoms with Gasteiger partial charge in [-0.05, 0) is 12.1 Å². The van der Waals surface area contributed by atoms with Gasteiger partial charge in [0.25, 0.3) is 0 Å². The third-order valence-electron chi connectivity index (χ3n) is 1.99. The molecular weight excluding hydrogens is 274 g/mol. The summed E-state index contributed by atoms with van der Waals surface area (Å²) in [6, 6.07) is 7.22. The predicted octanol–water partition coefficient (Wildman–Crippen LogP) is -0.234. The molecule has 1 aromatic carbocycles. The van der Waals surface area contributed by atoms with Crippen LogP contribution in [0, 0.1) is 0 Å². The maximum atomic E-state index is 11.4. The van der Waals surface area contributed by atoms with Crippen LogP contribution < -0.4 is 16.2 Å². The van der Waals surface area contributed by atoms with E-state index in [2.05, 4.69) is 4.72 Å². The van der Waals surface area contributed by atoms with E-state index in [0.717, 1.165) is 4.90 Å². The van der Waals surface area contributed by atoms with E-state index < -0.39 is 15.9 Å². The Morgan fingerprint density at radius 1 is 1.33 bits per heavy atom. The SMILES string of the molecule is NC(=O)CNS(=O)(=O)CCSc1ccccc1N. The van der Waals surface area contributed by atoms with Gasteiger partial charge in [-0.2, -0.15) is 0 Å². The predicted molar refractivity (Wildman–Crippen MR) is 72.6 cm³/mol. The number of carbonyl (C=O) groups is 1. The minimum atomic E-state index is -3.47. The standard InChI is InChI=1S/C10H15N3O3S2/c11-8-3-1-2-4-9(8)17-5-6-18(15,16)13-7-10(12)14/h1-4,13H,5-7,11H2,(H2,12,14). The van der Waals surface area contributed by atoms with Crippen LogP contribution in [0.25, 0.3) is 0 Å². The Labute approximate surface area is 110 Å². The lowest BCUT2D eigenvalue weighted by atomic mass is 10.3. The van der Waals surface area contributed by atoms with Gasteiger partial charge in [0.2, 0.25) is 15.9 Å². The van der Waals surface area contributed by atoms with E-state index in [-0.39, 0.29) is 12.3 Å². The summed E-state index contributed by atoms with van der Waals surface area (Å²) >= 11 is 1.35. The van der Waals surface area contributed by atoms with Gasteiger partial charge in [0.05, 0.1) is 12.3 Å². The van der Waals surface area contributed by atoms with Gasteiger partial charge in [-0.25, -0.2) is 13.1 Å². The van der Waals surface area contributed by atoms with Crippen LogP contribution in [0.4, 0.5) is 5.69 Å². The Kier molecular flexibility index (Phi) is 5.45. The normalized spacial score (nSPS) is 11.3. The highest BCUT2D eigenvalue weighted by Gasteiger charge is 2.11. The van der Waals surface area contributed by atoms with Crippen LogP contribution >= 0.6 is 11.8 Å². The van der Waals surface area contributed by atoms with Crippen molar-refractivity contribution in [2.24, 2.45) is 5.73 Å². The van der Waals surface area contributed by atoms with Crippen LogP contribution in [0.15, 0.2) is 29.2 Å². The number of hydrogen-bond donors (Lipinski definition) is 3. The summed E-state index contributed by atoms with van der Waals surface area (Å²) < 4.78 is 25.0. The molecule has 0 saturated heterocycles. The Hall–Kier alpha value is -1.25. The van der Waals surface area contributed by atoms with Crippen molar-refractivity contribution < 1.29 is 13.2 Å². The summed E-state index contributed by atoms with van der Waals surface area (Å²) in [4.78, 5) is 11.3. The fourth-order valence-electron chi connectivity index (χ4n) is 1.13. The molecule has 0 atom stereocenters. The fourth-order valence-corrected chi connectivity index (χ4v) is 3.47. The number of benzene rings is 1. The number of sulfonamides is 1. The number of anilines is 1. The molecule has 1 rings (SSSR count). The average molecular weight is 289 g/mol. The first kappa shape index (κ1) is 14.8. The second-order valence-electron chi connectivity index (χ2n) is 3.49. The highest BCUT2D eigenvalue weighted by atomic mass is 32.2. The summed E-state index contributed by atoms with van der Waals surface area (Å²) in [6.45, 7) is -0.375. The summed E-state index contributed by atoms with van der Waals surface area (Å²) in [5.74, 6) is -0.458. The number of para-hydroxylation sites is 1. The van der Waals surface area contributed by atoms with Crippen molar-refractivity contribution in [1.29, 1.82) is 0 Å². The Balaban J connectivity index is 2.42. The number of carbonyl (C=O) groups excluding carboxylic acids is 1. The molecule has 0 aromatic heterocycles. The van der Waals surface area contributed by atoms with E-state index in [9.17, 15) is 13.2 Å². The number of rotatable bonds is 7. The molecular formula is C10H15N3O3S2. The number of nitrogens with two attached hydrogens (primary N) is 2. The zero-order valence-corrected chi connectivity index (χ0v) is 11.3. The van der Waals surface area contributed by atoms with Crippen molar-refractivity contribution in [1.82, 2.24) is 4.72 Å². The molecule has 0 spiro atoms. The summed E-state index contributed by atoms with van der Waals surface area (Å²) in [5.41, 5.74) is 11.2. The molecule has 1 amide bonds. The molecule has 1 aromatic rings. The number of nitrogens with one attached hydrogen (secondary N) is 1. The quantitative estimate of drug-likeness (QED) is 0.473. The van der Waals surface area contributed by atoms with Crippen LogP contribution in [0.2, 0.25) is 0 Å². The van der Waals surface area contributed by atoms with Gasteiger partial charge in [-0.3, -0.25) is 4.79 Å². The molecule has 0 unspecified atom stereocenters. The Morgan fingerprint density at radius 2 is 2.00 bits per heavy atom. The van der Waals surface area contributed by atoms with Crippen molar-refractivity contribution in [2.75, 3.05) is 23.8 Å². The van der Waals surface area contributed by atoms with Crippen molar-refractivity contribution in [3.05, 3.63) is 24.3 Å². The maximum Gasteiger partial charge on any atom is 0.232 e.